The van der Waals surface area contributed by atoms with E-state index < -0.39 is 0 Å². The third-order valence-corrected chi connectivity index (χ3v) is 4.14. The van der Waals surface area contributed by atoms with Crippen molar-refractivity contribution >= 4 is 22.8 Å². The second-order valence-corrected chi connectivity index (χ2v) is 7.39. The number of ether oxygens (including phenoxy) is 1. The number of anilines is 1. The summed E-state index contributed by atoms with van der Waals surface area (Å²) in [5.41, 5.74) is 2.72. The van der Waals surface area contributed by atoms with Crippen LogP contribution in [0.25, 0.3) is 11.1 Å². The zero-order valence-electron chi connectivity index (χ0n) is 16.2. The van der Waals surface area contributed by atoms with Crippen LogP contribution in [-0.4, -0.2) is 23.1 Å². The number of hydrogen-bond donors (Lipinski definition) is 2. The van der Waals surface area contributed by atoms with Gasteiger partial charge in [-0.2, -0.15) is 0 Å². The first-order chi connectivity index (χ1) is 12.8. The van der Waals surface area contributed by atoms with E-state index in [1.165, 1.54) is 0 Å². The monoisotopic (exact) mass is 368 g/mol. The Bertz CT molecular complexity index is 959. The van der Waals surface area contributed by atoms with E-state index in [-0.39, 0.29) is 17.5 Å². The third-order valence-electron chi connectivity index (χ3n) is 4.14. The van der Waals surface area contributed by atoms with Crippen LogP contribution in [0.3, 0.4) is 0 Å². The minimum absolute atomic E-state index is 0.178. The Morgan fingerprint density at radius 3 is 2.74 bits per heavy atom. The van der Waals surface area contributed by atoms with Crippen molar-refractivity contribution in [2.75, 3.05) is 12.4 Å². The largest absolute Gasteiger partial charge is 0.495 e. The minimum Gasteiger partial charge on any atom is -0.495 e. The Kier molecular flexibility index (Phi) is 5.03. The van der Waals surface area contributed by atoms with Gasteiger partial charge in [-0.3, -0.25) is 4.98 Å². The molecule has 2 aromatic heterocycles. The first kappa shape index (κ1) is 18.7. The summed E-state index contributed by atoms with van der Waals surface area (Å²) in [4.78, 5) is 20.9. The van der Waals surface area contributed by atoms with Crippen LogP contribution in [-0.2, 0) is 5.41 Å². The molecule has 0 bridgehead atoms. The minimum atomic E-state index is -0.319. The Balaban J connectivity index is 1.72. The molecule has 3 aromatic rings. The summed E-state index contributed by atoms with van der Waals surface area (Å²) < 4.78 is 11.1. The lowest BCUT2D eigenvalue weighted by Crippen LogP contribution is -2.31. The predicted molar refractivity (Wildman–Crippen MR) is 104 cm³/mol. The molecule has 0 aliphatic carbocycles. The first-order valence-corrected chi connectivity index (χ1v) is 8.74. The van der Waals surface area contributed by atoms with E-state index in [0.29, 0.717) is 28.4 Å². The van der Waals surface area contributed by atoms with Crippen LogP contribution in [0.1, 0.15) is 45.2 Å². The van der Waals surface area contributed by atoms with Gasteiger partial charge in [-0.05, 0) is 31.2 Å². The number of pyridine rings is 1. The van der Waals surface area contributed by atoms with Crippen molar-refractivity contribution in [1.82, 2.24) is 15.3 Å². The van der Waals surface area contributed by atoms with Gasteiger partial charge in [-0.25, -0.2) is 9.78 Å². The SMILES string of the molecule is COc1cnccc1C(C)NC(=O)Nc1ccc2oc(C(C)(C)C)nc2c1. The summed E-state index contributed by atoms with van der Waals surface area (Å²) in [5.74, 6) is 1.29. The molecule has 1 aromatic carbocycles. The van der Waals surface area contributed by atoms with Crippen LogP contribution in [0.15, 0.2) is 41.1 Å². The maximum absolute atomic E-state index is 12.4. The number of carbonyl (C=O) groups is 1. The van der Waals surface area contributed by atoms with Gasteiger partial charge >= 0.3 is 6.03 Å². The number of methoxy groups -OCH3 is 1. The standard InChI is InChI=1S/C20H24N4O3/c1-12(14-8-9-21-11-17(14)26-5)22-19(25)23-13-6-7-16-15(10-13)24-18(27-16)20(2,3)4/h6-12H,1-5H3,(H2,22,23,25). The normalized spacial score (nSPS) is 12.6. The van der Waals surface area contributed by atoms with Gasteiger partial charge in [0.1, 0.15) is 11.3 Å². The lowest BCUT2D eigenvalue weighted by atomic mass is 9.97. The smallest absolute Gasteiger partial charge is 0.319 e. The number of benzene rings is 1. The van der Waals surface area contributed by atoms with Crippen molar-refractivity contribution in [3.63, 3.8) is 0 Å². The molecule has 1 atom stereocenters. The van der Waals surface area contributed by atoms with Crippen molar-refractivity contribution in [3.05, 3.63) is 48.1 Å². The van der Waals surface area contributed by atoms with Gasteiger partial charge in [-0.15, -0.1) is 0 Å². The van der Waals surface area contributed by atoms with E-state index in [2.05, 4.69) is 20.6 Å². The fourth-order valence-electron chi connectivity index (χ4n) is 2.69. The second kappa shape index (κ2) is 7.26. The number of amides is 2. The molecule has 2 amide bonds. The Labute approximate surface area is 158 Å². The van der Waals surface area contributed by atoms with Gasteiger partial charge in [0.25, 0.3) is 0 Å². The van der Waals surface area contributed by atoms with Crippen molar-refractivity contribution in [2.45, 2.75) is 39.2 Å². The molecule has 1 unspecified atom stereocenters. The van der Waals surface area contributed by atoms with Gasteiger partial charge in [0.05, 0.1) is 19.3 Å². The Morgan fingerprint density at radius 1 is 1.26 bits per heavy atom. The molecule has 0 aliphatic rings. The molecular weight excluding hydrogens is 344 g/mol. The van der Waals surface area contributed by atoms with Crippen molar-refractivity contribution < 1.29 is 13.9 Å². The van der Waals surface area contributed by atoms with Gasteiger partial charge in [0, 0.05) is 22.9 Å². The maximum atomic E-state index is 12.4. The molecule has 0 saturated heterocycles. The summed E-state index contributed by atoms with van der Waals surface area (Å²) in [6.07, 6.45) is 3.29. The number of nitrogens with zero attached hydrogens (tertiary/aromatic N) is 2. The number of rotatable bonds is 4. The molecule has 0 spiro atoms. The van der Waals surface area contributed by atoms with Crippen LogP contribution in [0.5, 0.6) is 5.75 Å². The topological polar surface area (TPSA) is 89.3 Å². The zero-order chi connectivity index (χ0) is 19.6. The van der Waals surface area contributed by atoms with Crippen LogP contribution in [0.2, 0.25) is 0 Å². The van der Waals surface area contributed by atoms with E-state index in [4.69, 9.17) is 9.15 Å². The molecule has 3 rings (SSSR count). The average Bonchev–Trinajstić information content (AvgIpc) is 3.05. The lowest BCUT2D eigenvalue weighted by molar-refractivity contribution is 0.249. The fraction of sp³-hybridized carbons (Fsp3) is 0.350. The quantitative estimate of drug-likeness (QED) is 0.712. The average molecular weight is 368 g/mol. The van der Waals surface area contributed by atoms with Crippen molar-refractivity contribution in [2.24, 2.45) is 0 Å². The highest BCUT2D eigenvalue weighted by atomic mass is 16.5. The highest BCUT2D eigenvalue weighted by molar-refractivity contribution is 5.91. The number of urea groups is 1. The maximum Gasteiger partial charge on any atom is 0.319 e. The van der Waals surface area contributed by atoms with Gasteiger partial charge in [0.2, 0.25) is 5.89 Å². The zero-order valence-corrected chi connectivity index (χ0v) is 16.2. The van der Waals surface area contributed by atoms with E-state index in [1.54, 1.807) is 31.6 Å². The molecule has 0 aliphatic heterocycles. The number of carbonyl (C=O) groups excluding carboxylic acids is 1. The molecule has 0 fully saturated rings. The van der Waals surface area contributed by atoms with E-state index in [0.717, 1.165) is 5.56 Å². The van der Waals surface area contributed by atoms with Crippen LogP contribution >= 0.6 is 0 Å². The number of hydrogen-bond acceptors (Lipinski definition) is 5. The van der Waals surface area contributed by atoms with E-state index >= 15 is 0 Å². The highest BCUT2D eigenvalue weighted by Crippen LogP contribution is 2.27. The van der Waals surface area contributed by atoms with Gasteiger partial charge in [0.15, 0.2) is 5.58 Å². The molecule has 142 valence electrons. The molecule has 0 radical (unpaired) electrons. The number of oxazole rings is 1. The van der Waals surface area contributed by atoms with Gasteiger partial charge < -0.3 is 19.8 Å². The van der Waals surface area contributed by atoms with Crippen LogP contribution in [0.4, 0.5) is 10.5 Å². The third kappa shape index (κ3) is 4.19. The summed E-state index contributed by atoms with van der Waals surface area (Å²) in [7, 11) is 1.58. The molecule has 27 heavy (non-hydrogen) atoms. The number of aromatic nitrogens is 2. The number of fused-ring (bicyclic) bond motifs is 1. The first-order valence-electron chi connectivity index (χ1n) is 8.74. The van der Waals surface area contributed by atoms with Gasteiger partial charge in [-0.1, -0.05) is 20.8 Å². The van der Waals surface area contributed by atoms with Crippen molar-refractivity contribution in [3.8, 4) is 5.75 Å². The molecule has 7 heteroatoms. The summed E-state index contributed by atoms with van der Waals surface area (Å²) in [6, 6.07) is 6.65. The summed E-state index contributed by atoms with van der Waals surface area (Å²) >= 11 is 0. The lowest BCUT2D eigenvalue weighted by Gasteiger charge is -2.17. The molecular formula is C20H24N4O3. The Hall–Kier alpha value is -3.09. The molecule has 0 saturated carbocycles. The molecule has 2 N–H and O–H groups in total. The fourth-order valence-corrected chi connectivity index (χ4v) is 2.69. The molecule has 7 nitrogen and oxygen atoms in total. The van der Waals surface area contributed by atoms with Crippen molar-refractivity contribution in [1.29, 1.82) is 0 Å². The molecule has 2 heterocycles. The predicted octanol–water partition coefficient (Wildman–Crippen LogP) is 4.41. The van der Waals surface area contributed by atoms with Crippen LogP contribution in [0, 0.1) is 0 Å². The highest BCUT2D eigenvalue weighted by Gasteiger charge is 2.21. The summed E-state index contributed by atoms with van der Waals surface area (Å²) in [6.45, 7) is 8.01. The van der Waals surface area contributed by atoms with E-state index in [1.807, 2.05) is 39.8 Å². The van der Waals surface area contributed by atoms with E-state index in [9.17, 15) is 4.79 Å². The summed E-state index contributed by atoms with van der Waals surface area (Å²) in [5, 5.41) is 5.73. The number of nitrogens with one attached hydrogen (secondary N) is 2. The Morgan fingerprint density at radius 2 is 2.04 bits per heavy atom. The second-order valence-electron chi connectivity index (χ2n) is 7.39. The van der Waals surface area contributed by atoms with Crippen LogP contribution < -0.4 is 15.4 Å².